The Morgan fingerprint density at radius 2 is 2.09 bits per heavy atom. The number of methoxy groups -OCH3 is 1. The molecule has 0 radical (unpaired) electrons. The first kappa shape index (κ1) is 16.1. The van der Waals surface area contributed by atoms with Crippen LogP contribution in [-0.2, 0) is 9.53 Å². The van der Waals surface area contributed by atoms with E-state index in [-0.39, 0.29) is 5.91 Å². The molecule has 0 unspecified atom stereocenters. The van der Waals surface area contributed by atoms with Crippen LogP contribution in [0.5, 0.6) is 0 Å². The summed E-state index contributed by atoms with van der Waals surface area (Å²) in [6.45, 7) is 2.15. The van der Waals surface area contributed by atoms with Gasteiger partial charge in [-0.25, -0.2) is 4.98 Å². The van der Waals surface area contributed by atoms with E-state index in [1.54, 1.807) is 24.6 Å². The molecular formula is C17H21N3O2S. The molecular weight excluding hydrogens is 310 g/mol. The van der Waals surface area contributed by atoms with E-state index in [1.165, 1.54) is 0 Å². The quantitative estimate of drug-likeness (QED) is 0.884. The van der Waals surface area contributed by atoms with Crippen LogP contribution in [-0.4, -0.2) is 37.7 Å². The number of hydrogen-bond donors (Lipinski definition) is 2. The zero-order valence-electron chi connectivity index (χ0n) is 13.2. The summed E-state index contributed by atoms with van der Waals surface area (Å²) < 4.78 is 5.32. The summed E-state index contributed by atoms with van der Waals surface area (Å²) >= 11 is 1.60. The number of carbonyl (C=O) groups is 1. The van der Waals surface area contributed by atoms with Crippen molar-refractivity contribution in [2.45, 2.75) is 12.8 Å². The number of ether oxygens (including phenoxy) is 1. The van der Waals surface area contributed by atoms with Crippen molar-refractivity contribution in [2.75, 3.05) is 32.1 Å². The van der Waals surface area contributed by atoms with Crippen molar-refractivity contribution in [3.8, 4) is 10.6 Å². The predicted octanol–water partition coefficient (Wildman–Crippen LogP) is 2.76. The molecule has 1 amide bonds. The highest BCUT2D eigenvalue weighted by atomic mass is 32.1. The molecule has 5 nitrogen and oxygen atoms in total. The summed E-state index contributed by atoms with van der Waals surface area (Å²) in [5.41, 5.74) is 1.43. The first-order valence-corrected chi connectivity index (χ1v) is 8.62. The van der Waals surface area contributed by atoms with Gasteiger partial charge in [-0.2, -0.15) is 0 Å². The average Bonchev–Trinajstić information content (AvgIpc) is 3.11. The van der Waals surface area contributed by atoms with E-state index in [1.807, 2.05) is 29.6 Å². The van der Waals surface area contributed by atoms with Crippen molar-refractivity contribution in [1.29, 1.82) is 0 Å². The topological polar surface area (TPSA) is 63.2 Å². The molecule has 122 valence electrons. The largest absolute Gasteiger partial charge is 0.384 e. The molecule has 6 heteroatoms. The number of aromatic nitrogens is 1. The summed E-state index contributed by atoms with van der Waals surface area (Å²) in [5, 5.41) is 9.28. The fraction of sp³-hybridized carbons (Fsp3) is 0.412. The fourth-order valence-electron chi connectivity index (χ4n) is 2.94. The zero-order valence-corrected chi connectivity index (χ0v) is 14.0. The highest BCUT2D eigenvalue weighted by Gasteiger charge is 2.39. The van der Waals surface area contributed by atoms with Crippen LogP contribution in [0.2, 0.25) is 0 Å². The second-order valence-electron chi connectivity index (χ2n) is 5.83. The van der Waals surface area contributed by atoms with Gasteiger partial charge >= 0.3 is 0 Å². The zero-order chi connectivity index (χ0) is 16.1. The van der Waals surface area contributed by atoms with Gasteiger partial charge in [-0.15, -0.1) is 11.3 Å². The Morgan fingerprint density at radius 1 is 1.35 bits per heavy atom. The minimum Gasteiger partial charge on any atom is -0.384 e. The first-order valence-electron chi connectivity index (χ1n) is 7.75. The number of benzene rings is 1. The molecule has 3 rings (SSSR count). The van der Waals surface area contributed by atoms with Crippen molar-refractivity contribution in [3.63, 3.8) is 0 Å². The monoisotopic (exact) mass is 331 g/mol. The van der Waals surface area contributed by atoms with Crippen molar-refractivity contribution in [2.24, 2.45) is 5.41 Å². The Balaban J connectivity index is 1.71. The maximum atomic E-state index is 12.8. The lowest BCUT2D eigenvalue weighted by Gasteiger charge is -2.35. The van der Waals surface area contributed by atoms with Crippen LogP contribution in [0.3, 0.4) is 0 Å². The van der Waals surface area contributed by atoms with Crippen LogP contribution in [0.1, 0.15) is 12.8 Å². The smallest absolute Gasteiger partial charge is 0.233 e. The van der Waals surface area contributed by atoms with Gasteiger partial charge in [0.25, 0.3) is 0 Å². The number of rotatable bonds is 5. The molecule has 1 aromatic heterocycles. The Labute approximate surface area is 140 Å². The molecule has 0 saturated carbocycles. The number of hydrogen-bond acceptors (Lipinski definition) is 5. The van der Waals surface area contributed by atoms with E-state index in [2.05, 4.69) is 15.6 Å². The van der Waals surface area contributed by atoms with Gasteiger partial charge in [-0.1, -0.05) is 0 Å². The number of nitrogens with zero attached hydrogens (tertiary/aromatic N) is 1. The van der Waals surface area contributed by atoms with E-state index in [9.17, 15) is 4.79 Å². The minimum atomic E-state index is -0.437. The minimum absolute atomic E-state index is 0.0443. The van der Waals surface area contributed by atoms with E-state index >= 15 is 0 Å². The first-order chi connectivity index (χ1) is 11.2. The van der Waals surface area contributed by atoms with Gasteiger partial charge in [-0.3, -0.25) is 4.79 Å². The number of piperidine rings is 1. The van der Waals surface area contributed by atoms with Gasteiger partial charge in [0, 0.05) is 29.9 Å². The lowest BCUT2D eigenvalue weighted by Crippen LogP contribution is -2.47. The lowest BCUT2D eigenvalue weighted by atomic mass is 9.78. The maximum Gasteiger partial charge on any atom is 0.233 e. The molecule has 1 aliphatic heterocycles. The summed E-state index contributed by atoms with van der Waals surface area (Å²) in [5.74, 6) is 0.0443. The van der Waals surface area contributed by atoms with Crippen molar-refractivity contribution in [1.82, 2.24) is 10.3 Å². The highest BCUT2D eigenvalue weighted by molar-refractivity contribution is 7.13. The van der Waals surface area contributed by atoms with Crippen molar-refractivity contribution >= 4 is 22.9 Å². The van der Waals surface area contributed by atoms with Crippen molar-refractivity contribution in [3.05, 3.63) is 35.8 Å². The number of carbonyl (C=O) groups excluding carboxylic acids is 1. The third kappa shape index (κ3) is 3.60. The molecule has 1 aliphatic rings. The molecule has 1 saturated heterocycles. The molecule has 0 spiro atoms. The summed E-state index contributed by atoms with van der Waals surface area (Å²) in [7, 11) is 1.65. The lowest BCUT2D eigenvalue weighted by molar-refractivity contribution is -0.130. The van der Waals surface area contributed by atoms with E-state index < -0.39 is 5.41 Å². The maximum absolute atomic E-state index is 12.8. The Bertz CT molecular complexity index is 629. The molecule has 2 aromatic rings. The van der Waals surface area contributed by atoms with E-state index in [0.29, 0.717) is 6.61 Å². The van der Waals surface area contributed by atoms with Crippen LogP contribution in [0.25, 0.3) is 10.6 Å². The second kappa shape index (κ2) is 7.21. The standard InChI is InChI=1S/C17H21N3O2S/c1-22-12-17(6-8-18-9-7-17)16(21)20-14-4-2-13(3-5-14)15-19-10-11-23-15/h2-5,10-11,18H,6-9,12H2,1H3,(H,20,21). The SMILES string of the molecule is COCC1(C(=O)Nc2ccc(-c3nccs3)cc2)CCNCC1. The molecule has 23 heavy (non-hydrogen) atoms. The molecule has 2 N–H and O–H groups in total. The Hall–Kier alpha value is -1.76. The van der Waals surface area contributed by atoms with Gasteiger partial charge in [0.2, 0.25) is 5.91 Å². The van der Waals surface area contributed by atoms with Crippen LogP contribution < -0.4 is 10.6 Å². The van der Waals surface area contributed by atoms with Crippen LogP contribution in [0.15, 0.2) is 35.8 Å². The van der Waals surface area contributed by atoms with Gasteiger partial charge in [0.05, 0.1) is 12.0 Å². The number of anilines is 1. The summed E-state index contributed by atoms with van der Waals surface area (Å²) in [6, 6.07) is 7.83. The number of thiazole rings is 1. The van der Waals surface area contributed by atoms with Crippen LogP contribution in [0.4, 0.5) is 5.69 Å². The van der Waals surface area contributed by atoms with E-state index in [4.69, 9.17) is 4.74 Å². The molecule has 1 fully saturated rings. The summed E-state index contributed by atoms with van der Waals surface area (Å²) in [4.78, 5) is 17.1. The highest BCUT2D eigenvalue weighted by Crippen LogP contribution is 2.31. The number of amides is 1. The fourth-order valence-corrected chi connectivity index (χ4v) is 3.59. The summed E-state index contributed by atoms with van der Waals surface area (Å²) in [6.07, 6.45) is 3.38. The molecule has 2 heterocycles. The molecule has 0 aliphatic carbocycles. The molecule has 0 bridgehead atoms. The van der Waals surface area contributed by atoms with Gasteiger partial charge in [0.1, 0.15) is 5.01 Å². The third-order valence-electron chi connectivity index (χ3n) is 4.29. The van der Waals surface area contributed by atoms with Crippen molar-refractivity contribution < 1.29 is 9.53 Å². The van der Waals surface area contributed by atoms with Crippen LogP contribution >= 0.6 is 11.3 Å². The molecule has 1 aromatic carbocycles. The van der Waals surface area contributed by atoms with Crippen LogP contribution in [0, 0.1) is 5.41 Å². The average molecular weight is 331 g/mol. The van der Waals surface area contributed by atoms with Gasteiger partial charge in [-0.05, 0) is 50.2 Å². The molecule has 0 atom stereocenters. The van der Waals surface area contributed by atoms with E-state index in [0.717, 1.165) is 42.2 Å². The normalized spacial score (nSPS) is 16.9. The van der Waals surface area contributed by atoms with Gasteiger partial charge in [0.15, 0.2) is 0 Å². The second-order valence-corrected chi connectivity index (χ2v) is 6.73. The third-order valence-corrected chi connectivity index (χ3v) is 5.11. The van der Waals surface area contributed by atoms with Gasteiger partial charge < -0.3 is 15.4 Å². The Morgan fingerprint density at radius 3 is 2.70 bits per heavy atom. The Kier molecular flexibility index (Phi) is 5.05. The number of nitrogens with one attached hydrogen (secondary N) is 2. The predicted molar refractivity (Wildman–Crippen MR) is 92.6 cm³/mol.